The van der Waals surface area contributed by atoms with E-state index in [9.17, 15) is 4.79 Å². The van der Waals surface area contributed by atoms with E-state index in [1.165, 1.54) is 6.42 Å². The van der Waals surface area contributed by atoms with Gasteiger partial charge >= 0.3 is 0 Å². The third kappa shape index (κ3) is 2.49. The Morgan fingerprint density at radius 2 is 2.11 bits per heavy atom. The van der Waals surface area contributed by atoms with Crippen LogP contribution in [0.5, 0.6) is 0 Å². The third-order valence-corrected chi connectivity index (χ3v) is 3.95. The van der Waals surface area contributed by atoms with Gasteiger partial charge in [0.1, 0.15) is 0 Å². The van der Waals surface area contributed by atoms with Crippen LogP contribution in [-0.2, 0) is 0 Å². The number of fused-ring (bicyclic) bond motifs is 1. The molecule has 1 fully saturated rings. The zero-order valence-corrected chi connectivity index (χ0v) is 10.9. The maximum absolute atomic E-state index is 12.2. The lowest BCUT2D eigenvalue weighted by Crippen LogP contribution is -2.49. The maximum Gasteiger partial charge on any atom is 0.251 e. The van der Waals surface area contributed by atoms with Gasteiger partial charge in [-0.15, -0.1) is 0 Å². The Bertz CT molecular complexity index is 590. The first-order valence-electron chi connectivity index (χ1n) is 6.87. The average Bonchev–Trinajstić information content (AvgIpc) is 2.88. The van der Waals surface area contributed by atoms with Gasteiger partial charge in [-0.25, -0.2) is 0 Å². The third-order valence-electron chi connectivity index (χ3n) is 3.95. The number of amides is 1. The van der Waals surface area contributed by atoms with Crippen LogP contribution < -0.4 is 11.1 Å². The Morgan fingerprint density at radius 1 is 1.26 bits per heavy atom. The van der Waals surface area contributed by atoms with Gasteiger partial charge in [0.05, 0.1) is 0 Å². The van der Waals surface area contributed by atoms with Crippen molar-refractivity contribution in [2.24, 2.45) is 5.73 Å². The fourth-order valence-corrected chi connectivity index (χ4v) is 2.78. The molecule has 0 radical (unpaired) electrons. The summed E-state index contributed by atoms with van der Waals surface area (Å²) in [5, 5.41) is 4.18. The fraction of sp³-hybridized carbons (Fsp3) is 0.400. The van der Waals surface area contributed by atoms with Crippen LogP contribution in [0.2, 0.25) is 0 Å². The van der Waals surface area contributed by atoms with Crippen LogP contribution in [-0.4, -0.2) is 23.0 Å². The number of rotatable bonds is 2. The molecule has 0 spiro atoms. The molecule has 4 nitrogen and oxygen atoms in total. The number of hydrogen-bond acceptors (Lipinski definition) is 2. The molecule has 2 atom stereocenters. The molecule has 0 saturated heterocycles. The average molecular weight is 257 g/mol. The second-order valence-corrected chi connectivity index (χ2v) is 5.31. The van der Waals surface area contributed by atoms with Crippen molar-refractivity contribution in [2.45, 2.75) is 37.8 Å². The van der Waals surface area contributed by atoms with Gasteiger partial charge in [0.15, 0.2) is 0 Å². The molecule has 0 aliphatic heterocycles. The molecule has 1 saturated carbocycles. The molecule has 100 valence electrons. The highest BCUT2D eigenvalue weighted by Gasteiger charge is 2.23. The number of nitrogens with two attached hydrogens (primary N) is 1. The predicted octanol–water partition coefficient (Wildman–Crippen LogP) is 2.17. The number of hydrogen-bond donors (Lipinski definition) is 3. The van der Waals surface area contributed by atoms with Crippen molar-refractivity contribution in [2.75, 3.05) is 0 Å². The van der Waals surface area contributed by atoms with E-state index in [-0.39, 0.29) is 18.0 Å². The van der Waals surface area contributed by atoms with Crippen LogP contribution in [0.3, 0.4) is 0 Å². The minimum atomic E-state index is -0.0288. The number of aromatic nitrogens is 1. The van der Waals surface area contributed by atoms with E-state index in [4.69, 9.17) is 5.73 Å². The molecule has 19 heavy (non-hydrogen) atoms. The normalized spacial score (nSPS) is 23.4. The van der Waals surface area contributed by atoms with Crippen molar-refractivity contribution in [3.63, 3.8) is 0 Å². The van der Waals surface area contributed by atoms with Crippen molar-refractivity contribution in [1.82, 2.24) is 10.3 Å². The minimum absolute atomic E-state index is 0.0288. The summed E-state index contributed by atoms with van der Waals surface area (Å²) in [4.78, 5) is 15.4. The van der Waals surface area contributed by atoms with E-state index in [1.54, 1.807) is 0 Å². The Balaban J connectivity index is 1.75. The first-order chi connectivity index (χ1) is 9.24. The highest BCUT2D eigenvalue weighted by molar-refractivity contribution is 5.98. The van der Waals surface area contributed by atoms with E-state index >= 15 is 0 Å². The van der Waals surface area contributed by atoms with E-state index in [1.807, 2.05) is 30.5 Å². The monoisotopic (exact) mass is 257 g/mol. The van der Waals surface area contributed by atoms with Gasteiger partial charge in [0.2, 0.25) is 0 Å². The second-order valence-electron chi connectivity index (χ2n) is 5.31. The molecule has 1 heterocycles. The first kappa shape index (κ1) is 12.2. The van der Waals surface area contributed by atoms with Gasteiger partial charge in [0.25, 0.3) is 5.91 Å². The zero-order chi connectivity index (χ0) is 13.2. The zero-order valence-electron chi connectivity index (χ0n) is 10.9. The van der Waals surface area contributed by atoms with Crippen LogP contribution in [0.1, 0.15) is 36.0 Å². The number of nitrogens with one attached hydrogen (secondary N) is 2. The summed E-state index contributed by atoms with van der Waals surface area (Å²) in [5.41, 5.74) is 7.73. The van der Waals surface area contributed by atoms with Crippen LogP contribution in [0.25, 0.3) is 10.9 Å². The quantitative estimate of drug-likeness (QED) is 0.771. The summed E-state index contributed by atoms with van der Waals surface area (Å²) in [6.07, 6.45) is 6.18. The molecular weight excluding hydrogens is 238 g/mol. The number of carbonyl (C=O) groups is 1. The SMILES string of the molecule is NC1CCCCC1NC(=O)c1ccc2cc[nH]c2c1. The standard InChI is InChI=1S/C15H19N3O/c16-12-3-1-2-4-13(12)18-15(19)11-6-5-10-7-8-17-14(10)9-11/h5-9,12-13,17H,1-4,16H2,(H,18,19). The summed E-state index contributed by atoms with van der Waals surface area (Å²) in [6, 6.07) is 7.90. The van der Waals surface area contributed by atoms with Gasteiger partial charge in [-0.2, -0.15) is 0 Å². The molecule has 4 N–H and O–H groups in total. The van der Waals surface area contributed by atoms with Gasteiger partial charge < -0.3 is 16.0 Å². The van der Waals surface area contributed by atoms with E-state index < -0.39 is 0 Å². The highest BCUT2D eigenvalue weighted by Crippen LogP contribution is 2.18. The summed E-state index contributed by atoms with van der Waals surface area (Å²) in [7, 11) is 0. The number of carbonyl (C=O) groups excluding carboxylic acids is 1. The van der Waals surface area contributed by atoms with Gasteiger partial charge in [-0.3, -0.25) is 4.79 Å². The Kier molecular flexibility index (Phi) is 3.25. The fourth-order valence-electron chi connectivity index (χ4n) is 2.78. The van der Waals surface area contributed by atoms with Crippen molar-refractivity contribution < 1.29 is 4.79 Å². The van der Waals surface area contributed by atoms with Crippen molar-refractivity contribution in [1.29, 1.82) is 0 Å². The minimum Gasteiger partial charge on any atom is -0.361 e. The largest absolute Gasteiger partial charge is 0.361 e. The summed E-state index contributed by atoms with van der Waals surface area (Å²) in [5.74, 6) is -0.0288. The summed E-state index contributed by atoms with van der Waals surface area (Å²) in [6.45, 7) is 0. The lowest BCUT2D eigenvalue weighted by Gasteiger charge is -2.29. The molecule has 2 unspecified atom stereocenters. The molecule has 3 rings (SSSR count). The van der Waals surface area contributed by atoms with E-state index in [0.29, 0.717) is 5.56 Å². The molecule has 1 aliphatic carbocycles. The molecular formula is C15H19N3O. The lowest BCUT2D eigenvalue weighted by atomic mass is 9.91. The lowest BCUT2D eigenvalue weighted by molar-refractivity contribution is 0.0921. The van der Waals surface area contributed by atoms with Gasteiger partial charge in [0, 0.05) is 29.4 Å². The highest BCUT2D eigenvalue weighted by atomic mass is 16.1. The van der Waals surface area contributed by atoms with Gasteiger partial charge in [-0.05, 0) is 36.4 Å². The maximum atomic E-state index is 12.2. The molecule has 1 aromatic carbocycles. The Hall–Kier alpha value is -1.81. The van der Waals surface area contributed by atoms with Crippen LogP contribution in [0.4, 0.5) is 0 Å². The molecule has 2 aromatic rings. The molecule has 4 heteroatoms. The number of aromatic amines is 1. The summed E-state index contributed by atoms with van der Waals surface area (Å²) >= 11 is 0. The predicted molar refractivity (Wildman–Crippen MR) is 76.0 cm³/mol. The Labute approximate surface area is 112 Å². The van der Waals surface area contributed by atoms with Crippen LogP contribution in [0.15, 0.2) is 30.5 Å². The number of benzene rings is 1. The number of H-pyrrole nitrogens is 1. The Morgan fingerprint density at radius 3 is 2.95 bits per heavy atom. The van der Waals surface area contributed by atoms with Crippen LogP contribution >= 0.6 is 0 Å². The first-order valence-corrected chi connectivity index (χ1v) is 6.87. The second kappa shape index (κ2) is 5.05. The topological polar surface area (TPSA) is 70.9 Å². The van der Waals surface area contributed by atoms with Crippen LogP contribution in [0, 0.1) is 0 Å². The van der Waals surface area contributed by atoms with Crippen molar-refractivity contribution >= 4 is 16.8 Å². The molecule has 1 aromatic heterocycles. The van der Waals surface area contributed by atoms with Crippen molar-refractivity contribution in [3.8, 4) is 0 Å². The van der Waals surface area contributed by atoms with E-state index in [2.05, 4.69) is 10.3 Å². The summed E-state index contributed by atoms with van der Waals surface area (Å²) < 4.78 is 0. The molecule has 1 aliphatic rings. The van der Waals surface area contributed by atoms with Crippen molar-refractivity contribution in [3.05, 3.63) is 36.0 Å². The molecule has 0 bridgehead atoms. The smallest absolute Gasteiger partial charge is 0.251 e. The van der Waals surface area contributed by atoms with E-state index in [0.717, 1.165) is 30.2 Å². The molecule has 1 amide bonds. The van der Waals surface area contributed by atoms with Gasteiger partial charge in [-0.1, -0.05) is 18.9 Å².